The lowest BCUT2D eigenvalue weighted by molar-refractivity contribution is -0.117. The Kier molecular flexibility index (Phi) is 6.72. The predicted octanol–water partition coefficient (Wildman–Crippen LogP) is 5.12. The van der Waals surface area contributed by atoms with Crippen molar-refractivity contribution in [2.24, 2.45) is 0 Å². The van der Waals surface area contributed by atoms with E-state index >= 15 is 0 Å². The number of fused-ring (bicyclic) bond motifs is 1. The van der Waals surface area contributed by atoms with Crippen molar-refractivity contribution in [1.29, 1.82) is 0 Å². The van der Waals surface area contributed by atoms with Crippen LogP contribution >= 0.6 is 0 Å². The molecular weight excluding hydrogens is 376 g/mol. The smallest absolute Gasteiger partial charge is 0.253 e. The molecule has 30 heavy (non-hydrogen) atoms. The zero-order valence-electron chi connectivity index (χ0n) is 17.9. The fourth-order valence-corrected chi connectivity index (χ4v) is 3.22. The van der Waals surface area contributed by atoms with Gasteiger partial charge < -0.3 is 15.4 Å². The SMILES string of the molecule is CCC(C)NC(=O)c1ccccc1NC(=O)[C@@H](C)c1ccc2cc(OC)ccc2c1. The largest absolute Gasteiger partial charge is 0.497 e. The first-order valence-corrected chi connectivity index (χ1v) is 10.2. The molecule has 0 aliphatic rings. The first-order chi connectivity index (χ1) is 14.4. The Morgan fingerprint density at radius 2 is 1.67 bits per heavy atom. The van der Waals surface area contributed by atoms with Crippen LogP contribution in [-0.4, -0.2) is 25.0 Å². The van der Waals surface area contributed by atoms with Gasteiger partial charge in [0.2, 0.25) is 5.91 Å². The zero-order valence-corrected chi connectivity index (χ0v) is 17.9. The molecule has 0 heterocycles. The fraction of sp³-hybridized carbons (Fsp3) is 0.280. The predicted molar refractivity (Wildman–Crippen MR) is 121 cm³/mol. The molecular formula is C25H28N2O3. The van der Waals surface area contributed by atoms with E-state index in [0.29, 0.717) is 11.3 Å². The average molecular weight is 405 g/mol. The van der Waals surface area contributed by atoms with E-state index in [1.807, 2.05) is 63.2 Å². The van der Waals surface area contributed by atoms with E-state index < -0.39 is 0 Å². The molecule has 156 valence electrons. The molecule has 0 saturated carbocycles. The van der Waals surface area contributed by atoms with Gasteiger partial charge in [-0.05, 0) is 60.9 Å². The van der Waals surface area contributed by atoms with Crippen LogP contribution in [0, 0.1) is 0 Å². The fourth-order valence-electron chi connectivity index (χ4n) is 3.22. The number of benzene rings is 3. The van der Waals surface area contributed by atoms with Crippen LogP contribution < -0.4 is 15.4 Å². The molecule has 3 aromatic rings. The number of para-hydroxylation sites is 1. The van der Waals surface area contributed by atoms with Gasteiger partial charge in [-0.15, -0.1) is 0 Å². The minimum Gasteiger partial charge on any atom is -0.497 e. The molecule has 5 heteroatoms. The highest BCUT2D eigenvalue weighted by Gasteiger charge is 2.19. The lowest BCUT2D eigenvalue weighted by Gasteiger charge is -2.17. The first-order valence-electron chi connectivity index (χ1n) is 10.2. The van der Waals surface area contributed by atoms with E-state index in [2.05, 4.69) is 10.6 Å². The van der Waals surface area contributed by atoms with Crippen molar-refractivity contribution in [2.75, 3.05) is 12.4 Å². The van der Waals surface area contributed by atoms with Crippen molar-refractivity contribution >= 4 is 28.3 Å². The van der Waals surface area contributed by atoms with E-state index in [1.165, 1.54) is 0 Å². The second kappa shape index (κ2) is 9.44. The minimum atomic E-state index is -0.373. The summed E-state index contributed by atoms with van der Waals surface area (Å²) in [5.74, 6) is 0.0784. The molecule has 2 N–H and O–H groups in total. The number of carbonyl (C=O) groups is 2. The molecule has 3 rings (SSSR count). The summed E-state index contributed by atoms with van der Waals surface area (Å²) in [5.41, 5.74) is 1.89. The normalized spacial score (nSPS) is 12.8. The molecule has 0 radical (unpaired) electrons. The molecule has 0 spiro atoms. The first kappa shape index (κ1) is 21.4. The van der Waals surface area contributed by atoms with Crippen molar-refractivity contribution in [1.82, 2.24) is 5.32 Å². The van der Waals surface area contributed by atoms with Crippen molar-refractivity contribution in [3.05, 3.63) is 71.8 Å². The van der Waals surface area contributed by atoms with Gasteiger partial charge in [0.15, 0.2) is 0 Å². The second-order valence-corrected chi connectivity index (χ2v) is 7.51. The standard InChI is InChI=1S/C25H28N2O3/c1-5-16(2)26-25(29)22-8-6-7-9-23(22)27-24(28)17(3)18-10-11-20-15-21(30-4)13-12-19(20)14-18/h6-17H,5H2,1-4H3,(H,26,29)(H,27,28)/t16?,17-/m0/s1. The Hall–Kier alpha value is -3.34. The number of nitrogens with one attached hydrogen (secondary N) is 2. The van der Waals surface area contributed by atoms with Crippen LogP contribution in [0.15, 0.2) is 60.7 Å². The molecule has 0 saturated heterocycles. The van der Waals surface area contributed by atoms with Crippen LogP contribution in [0.3, 0.4) is 0 Å². The van der Waals surface area contributed by atoms with Crippen LogP contribution in [0.5, 0.6) is 5.75 Å². The summed E-state index contributed by atoms with van der Waals surface area (Å²) in [6.07, 6.45) is 0.838. The van der Waals surface area contributed by atoms with Crippen LogP contribution in [0.25, 0.3) is 10.8 Å². The van der Waals surface area contributed by atoms with Crippen molar-refractivity contribution < 1.29 is 14.3 Å². The maximum Gasteiger partial charge on any atom is 0.253 e. The molecule has 0 aliphatic heterocycles. The molecule has 0 fully saturated rings. The Morgan fingerprint density at radius 3 is 2.40 bits per heavy atom. The Balaban J connectivity index is 1.79. The Morgan fingerprint density at radius 1 is 0.967 bits per heavy atom. The number of hydrogen-bond acceptors (Lipinski definition) is 3. The summed E-state index contributed by atoms with van der Waals surface area (Å²) in [4.78, 5) is 25.5. The summed E-state index contributed by atoms with van der Waals surface area (Å²) in [6.45, 7) is 5.83. The number of rotatable bonds is 7. The lowest BCUT2D eigenvalue weighted by Crippen LogP contribution is -2.32. The van der Waals surface area contributed by atoms with Crippen LogP contribution in [-0.2, 0) is 4.79 Å². The summed E-state index contributed by atoms with van der Waals surface area (Å²) < 4.78 is 5.27. The van der Waals surface area contributed by atoms with E-state index in [9.17, 15) is 9.59 Å². The summed E-state index contributed by atoms with van der Waals surface area (Å²) in [5, 5.41) is 7.97. The number of carbonyl (C=O) groups excluding carboxylic acids is 2. The number of hydrogen-bond donors (Lipinski definition) is 2. The van der Waals surface area contributed by atoms with E-state index in [-0.39, 0.29) is 23.8 Å². The topological polar surface area (TPSA) is 67.4 Å². The van der Waals surface area contributed by atoms with Gasteiger partial charge in [0.25, 0.3) is 5.91 Å². The molecule has 2 amide bonds. The van der Waals surface area contributed by atoms with Crippen molar-refractivity contribution in [2.45, 2.75) is 39.2 Å². The number of amides is 2. The highest BCUT2D eigenvalue weighted by molar-refractivity contribution is 6.05. The zero-order chi connectivity index (χ0) is 21.7. The van der Waals surface area contributed by atoms with Gasteiger partial charge in [0, 0.05) is 6.04 Å². The Labute approximate surface area is 177 Å². The van der Waals surface area contributed by atoms with Crippen LogP contribution in [0.4, 0.5) is 5.69 Å². The number of methoxy groups -OCH3 is 1. The molecule has 0 aromatic heterocycles. The third kappa shape index (κ3) is 4.79. The Bertz CT molecular complexity index is 1060. The van der Waals surface area contributed by atoms with Gasteiger partial charge in [0.1, 0.15) is 5.75 Å². The van der Waals surface area contributed by atoms with Crippen LogP contribution in [0.2, 0.25) is 0 Å². The van der Waals surface area contributed by atoms with Gasteiger partial charge in [0.05, 0.1) is 24.3 Å². The lowest BCUT2D eigenvalue weighted by atomic mass is 9.96. The van der Waals surface area contributed by atoms with E-state index in [4.69, 9.17) is 4.74 Å². The van der Waals surface area contributed by atoms with Crippen molar-refractivity contribution in [3.8, 4) is 5.75 Å². The molecule has 2 atom stereocenters. The molecule has 0 aliphatic carbocycles. The highest BCUT2D eigenvalue weighted by atomic mass is 16.5. The number of ether oxygens (including phenoxy) is 1. The van der Waals surface area contributed by atoms with Gasteiger partial charge in [-0.25, -0.2) is 0 Å². The van der Waals surface area contributed by atoms with Gasteiger partial charge in [-0.3, -0.25) is 9.59 Å². The van der Waals surface area contributed by atoms with Gasteiger partial charge >= 0.3 is 0 Å². The van der Waals surface area contributed by atoms with E-state index in [0.717, 1.165) is 28.5 Å². The average Bonchev–Trinajstić information content (AvgIpc) is 2.77. The summed E-state index contributed by atoms with van der Waals surface area (Å²) >= 11 is 0. The summed E-state index contributed by atoms with van der Waals surface area (Å²) in [6, 6.07) is 19.0. The molecule has 0 bridgehead atoms. The second-order valence-electron chi connectivity index (χ2n) is 7.51. The highest BCUT2D eigenvalue weighted by Crippen LogP contribution is 2.26. The van der Waals surface area contributed by atoms with Crippen LogP contribution in [0.1, 0.15) is 49.0 Å². The maximum atomic E-state index is 12.9. The number of anilines is 1. The van der Waals surface area contributed by atoms with Gasteiger partial charge in [-0.1, -0.05) is 43.3 Å². The third-order valence-corrected chi connectivity index (χ3v) is 5.38. The van der Waals surface area contributed by atoms with Gasteiger partial charge in [-0.2, -0.15) is 0 Å². The molecule has 3 aromatic carbocycles. The quantitative estimate of drug-likeness (QED) is 0.574. The maximum absolute atomic E-state index is 12.9. The minimum absolute atomic E-state index is 0.0661. The van der Waals surface area contributed by atoms with E-state index in [1.54, 1.807) is 25.3 Å². The monoisotopic (exact) mass is 404 g/mol. The molecule has 1 unspecified atom stereocenters. The third-order valence-electron chi connectivity index (χ3n) is 5.38. The summed E-state index contributed by atoms with van der Waals surface area (Å²) in [7, 11) is 1.64. The van der Waals surface area contributed by atoms with Crippen molar-refractivity contribution in [3.63, 3.8) is 0 Å². The molecule has 5 nitrogen and oxygen atoms in total.